The minimum atomic E-state index is -0.0809. The molecule has 2 N–H and O–H groups in total. The van der Waals surface area contributed by atoms with Crippen molar-refractivity contribution < 1.29 is 13.9 Å². The van der Waals surface area contributed by atoms with Crippen LogP contribution in [-0.2, 0) is 4.74 Å². The third kappa shape index (κ3) is 4.65. The standard InChI is InChI=1S/C13H20N2O3S/c1-9-8-11(10(2)18-9)13(16)15(6-7-17-3)5-4-12(14)19/h8H,4-7H2,1-3H3,(H2,14,19). The molecule has 1 amide bonds. The Kier molecular flexibility index (Phi) is 5.98. The molecular formula is C13H20N2O3S. The summed E-state index contributed by atoms with van der Waals surface area (Å²) in [6.07, 6.45) is 0.501. The number of carbonyl (C=O) groups is 1. The van der Waals surface area contributed by atoms with Crippen LogP contribution in [0.3, 0.4) is 0 Å². The SMILES string of the molecule is COCCN(CCC(N)=S)C(=O)c1cc(C)oc1C. The van der Waals surface area contributed by atoms with Gasteiger partial charge in [0.2, 0.25) is 0 Å². The van der Waals surface area contributed by atoms with E-state index in [1.165, 1.54) is 0 Å². The first-order valence-corrected chi connectivity index (χ1v) is 6.50. The van der Waals surface area contributed by atoms with Gasteiger partial charge in [0.05, 0.1) is 17.2 Å². The Labute approximate surface area is 118 Å². The Hall–Kier alpha value is -1.40. The van der Waals surface area contributed by atoms with Crippen LogP contribution in [0.4, 0.5) is 0 Å². The summed E-state index contributed by atoms with van der Waals surface area (Å²) in [4.78, 5) is 14.5. The normalized spacial score (nSPS) is 10.5. The molecule has 0 atom stereocenters. The van der Waals surface area contributed by atoms with Gasteiger partial charge in [0.25, 0.3) is 5.91 Å². The summed E-state index contributed by atoms with van der Waals surface area (Å²) in [6.45, 7) is 5.06. The lowest BCUT2D eigenvalue weighted by Gasteiger charge is -2.21. The summed E-state index contributed by atoms with van der Waals surface area (Å²) in [5.41, 5.74) is 6.07. The Morgan fingerprint density at radius 3 is 2.63 bits per heavy atom. The van der Waals surface area contributed by atoms with Crippen LogP contribution in [0.1, 0.15) is 28.3 Å². The number of aryl methyl sites for hydroxylation is 2. The zero-order chi connectivity index (χ0) is 14.4. The number of methoxy groups -OCH3 is 1. The van der Waals surface area contributed by atoms with E-state index in [-0.39, 0.29) is 5.91 Å². The number of hydrogen-bond donors (Lipinski definition) is 1. The van der Waals surface area contributed by atoms with Crippen molar-refractivity contribution in [3.63, 3.8) is 0 Å². The van der Waals surface area contributed by atoms with Gasteiger partial charge in [0, 0.05) is 26.6 Å². The molecule has 0 radical (unpaired) electrons. The molecule has 0 saturated heterocycles. The summed E-state index contributed by atoms with van der Waals surface area (Å²) < 4.78 is 10.4. The predicted octanol–water partition coefficient (Wildman–Crippen LogP) is 1.66. The first kappa shape index (κ1) is 15.7. The van der Waals surface area contributed by atoms with Crippen molar-refractivity contribution >= 4 is 23.1 Å². The van der Waals surface area contributed by atoms with Crippen molar-refractivity contribution in [3.05, 3.63) is 23.2 Å². The minimum Gasteiger partial charge on any atom is -0.466 e. The molecule has 1 aromatic heterocycles. The van der Waals surface area contributed by atoms with E-state index >= 15 is 0 Å². The quantitative estimate of drug-likeness (QED) is 0.771. The fourth-order valence-electron chi connectivity index (χ4n) is 1.78. The Bertz CT molecular complexity index is 457. The molecule has 1 rings (SSSR count). The lowest BCUT2D eigenvalue weighted by atomic mass is 10.2. The predicted molar refractivity (Wildman–Crippen MR) is 77.4 cm³/mol. The molecule has 0 aromatic carbocycles. The first-order chi connectivity index (χ1) is 8.95. The number of amides is 1. The van der Waals surface area contributed by atoms with Crippen LogP contribution >= 0.6 is 12.2 Å². The molecule has 5 nitrogen and oxygen atoms in total. The molecule has 0 saturated carbocycles. The van der Waals surface area contributed by atoms with Gasteiger partial charge in [-0.2, -0.15) is 0 Å². The average molecular weight is 284 g/mol. The van der Waals surface area contributed by atoms with Gasteiger partial charge in [0.1, 0.15) is 11.5 Å². The maximum atomic E-state index is 12.4. The van der Waals surface area contributed by atoms with Gasteiger partial charge in [-0.15, -0.1) is 0 Å². The number of carbonyl (C=O) groups excluding carboxylic acids is 1. The molecule has 0 fully saturated rings. The number of nitrogens with two attached hydrogens (primary N) is 1. The zero-order valence-corrected chi connectivity index (χ0v) is 12.4. The lowest BCUT2D eigenvalue weighted by Crippen LogP contribution is -2.36. The lowest BCUT2D eigenvalue weighted by molar-refractivity contribution is 0.0699. The van der Waals surface area contributed by atoms with Crippen LogP contribution in [0.15, 0.2) is 10.5 Å². The molecule has 1 heterocycles. The van der Waals surface area contributed by atoms with E-state index in [1.54, 1.807) is 25.0 Å². The largest absolute Gasteiger partial charge is 0.466 e. The van der Waals surface area contributed by atoms with E-state index in [1.807, 2.05) is 6.92 Å². The summed E-state index contributed by atoms with van der Waals surface area (Å²) in [5, 5.41) is 0. The van der Waals surface area contributed by atoms with Crippen molar-refractivity contribution in [1.29, 1.82) is 0 Å². The highest BCUT2D eigenvalue weighted by Crippen LogP contribution is 2.16. The van der Waals surface area contributed by atoms with E-state index < -0.39 is 0 Å². The van der Waals surface area contributed by atoms with Crippen molar-refractivity contribution in [2.45, 2.75) is 20.3 Å². The van der Waals surface area contributed by atoms with E-state index in [4.69, 9.17) is 27.1 Å². The second-order valence-corrected chi connectivity index (χ2v) is 4.85. The van der Waals surface area contributed by atoms with Crippen molar-refractivity contribution in [2.24, 2.45) is 5.73 Å². The highest BCUT2D eigenvalue weighted by molar-refractivity contribution is 7.80. The van der Waals surface area contributed by atoms with E-state index in [0.717, 1.165) is 5.76 Å². The third-order valence-electron chi connectivity index (χ3n) is 2.75. The average Bonchev–Trinajstić information content (AvgIpc) is 2.67. The molecule has 0 spiro atoms. The Morgan fingerprint density at radius 1 is 1.47 bits per heavy atom. The second kappa shape index (κ2) is 7.25. The van der Waals surface area contributed by atoms with Gasteiger partial charge < -0.3 is 19.8 Å². The fourth-order valence-corrected chi connectivity index (χ4v) is 1.87. The Balaban J connectivity index is 2.80. The van der Waals surface area contributed by atoms with Gasteiger partial charge in [-0.25, -0.2) is 0 Å². The molecule has 0 bridgehead atoms. The number of nitrogens with zero attached hydrogens (tertiary/aromatic N) is 1. The van der Waals surface area contributed by atoms with Crippen LogP contribution in [0, 0.1) is 13.8 Å². The van der Waals surface area contributed by atoms with E-state index in [2.05, 4.69) is 0 Å². The highest BCUT2D eigenvalue weighted by Gasteiger charge is 2.20. The van der Waals surface area contributed by atoms with Crippen LogP contribution in [0.5, 0.6) is 0 Å². The van der Waals surface area contributed by atoms with Crippen LogP contribution in [-0.4, -0.2) is 42.6 Å². The molecule has 0 aliphatic heterocycles. The number of ether oxygens (including phenoxy) is 1. The molecule has 19 heavy (non-hydrogen) atoms. The number of rotatable bonds is 7. The third-order valence-corrected chi connectivity index (χ3v) is 2.96. The number of furan rings is 1. The van der Waals surface area contributed by atoms with Crippen LogP contribution < -0.4 is 5.73 Å². The van der Waals surface area contributed by atoms with Gasteiger partial charge in [-0.1, -0.05) is 12.2 Å². The maximum absolute atomic E-state index is 12.4. The van der Waals surface area contributed by atoms with Gasteiger partial charge in [0.15, 0.2) is 0 Å². The van der Waals surface area contributed by atoms with E-state index in [9.17, 15) is 4.79 Å². The molecule has 6 heteroatoms. The van der Waals surface area contributed by atoms with Crippen molar-refractivity contribution in [3.8, 4) is 0 Å². The first-order valence-electron chi connectivity index (χ1n) is 6.09. The molecule has 0 aliphatic carbocycles. The fraction of sp³-hybridized carbons (Fsp3) is 0.538. The number of thiocarbonyl (C=S) groups is 1. The molecule has 0 unspecified atom stereocenters. The highest BCUT2D eigenvalue weighted by atomic mass is 32.1. The molecular weight excluding hydrogens is 264 g/mol. The minimum absolute atomic E-state index is 0.0809. The molecule has 1 aromatic rings. The topological polar surface area (TPSA) is 68.7 Å². The summed E-state index contributed by atoms with van der Waals surface area (Å²) in [7, 11) is 1.60. The zero-order valence-electron chi connectivity index (χ0n) is 11.6. The smallest absolute Gasteiger partial charge is 0.257 e. The van der Waals surface area contributed by atoms with Gasteiger partial charge in [-0.3, -0.25) is 4.79 Å². The van der Waals surface area contributed by atoms with Crippen LogP contribution in [0.25, 0.3) is 0 Å². The Morgan fingerprint density at radius 2 is 2.16 bits per heavy atom. The summed E-state index contributed by atoms with van der Waals surface area (Å²) in [6, 6.07) is 1.75. The number of hydrogen-bond acceptors (Lipinski definition) is 4. The maximum Gasteiger partial charge on any atom is 0.257 e. The van der Waals surface area contributed by atoms with E-state index in [0.29, 0.717) is 42.4 Å². The summed E-state index contributed by atoms with van der Waals surface area (Å²) >= 11 is 4.85. The second-order valence-electron chi connectivity index (χ2n) is 4.33. The van der Waals surface area contributed by atoms with Gasteiger partial charge in [-0.05, 0) is 19.9 Å². The monoisotopic (exact) mass is 284 g/mol. The molecule has 0 aliphatic rings. The molecule has 106 valence electrons. The van der Waals surface area contributed by atoms with Crippen molar-refractivity contribution in [1.82, 2.24) is 4.90 Å². The van der Waals surface area contributed by atoms with Crippen LogP contribution in [0.2, 0.25) is 0 Å². The van der Waals surface area contributed by atoms with Gasteiger partial charge >= 0.3 is 0 Å². The summed E-state index contributed by atoms with van der Waals surface area (Å²) in [5.74, 6) is 1.27. The van der Waals surface area contributed by atoms with Crippen molar-refractivity contribution in [2.75, 3.05) is 26.8 Å².